The van der Waals surface area contributed by atoms with Crippen molar-refractivity contribution in [1.29, 1.82) is 0 Å². The minimum Gasteiger partial charge on any atom is -0.369 e. The normalized spacial score (nSPS) is 20.3. The lowest BCUT2D eigenvalue weighted by Crippen LogP contribution is -2.53. The van der Waals surface area contributed by atoms with Gasteiger partial charge in [0.2, 0.25) is 26.5 Å². The Labute approximate surface area is 201 Å². The van der Waals surface area contributed by atoms with Crippen LogP contribution in [-0.4, -0.2) is 98.9 Å². The van der Waals surface area contributed by atoms with E-state index < -0.39 is 31.8 Å². The monoisotopic (exact) mass is 520 g/mol. The third-order valence-electron chi connectivity index (χ3n) is 6.55. The number of benzene rings is 1. The van der Waals surface area contributed by atoms with Gasteiger partial charge in [-0.3, -0.25) is 10.0 Å². The van der Waals surface area contributed by atoms with Gasteiger partial charge in [0.1, 0.15) is 5.82 Å². The third kappa shape index (κ3) is 6.45. The highest BCUT2D eigenvalue weighted by Crippen LogP contribution is 2.27. The van der Waals surface area contributed by atoms with Crippen molar-refractivity contribution in [2.24, 2.45) is 5.92 Å². The molecule has 3 rings (SSSR count). The highest BCUT2D eigenvalue weighted by atomic mass is 32.2. The van der Waals surface area contributed by atoms with Crippen molar-refractivity contribution in [1.82, 2.24) is 13.7 Å². The van der Waals surface area contributed by atoms with E-state index in [-0.39, 0.29) is 50.1 Å². The molecule has 0 bridgehead atoms. The zero-order chi connectivity index (χ0) is 24.9. The fraction of sp³-hybridized carbons (Fsp3) is 0.667. The van der Waals surface area contributed by atoms with Gasteiger partial charge in [0.05, 0.1) is 17.5 Å². The second kappa shape index (κ2) is 11.3. The molecule has 34 heavy (non-hydrogen) atoms. The van der Waals surface area contributed by atoms with E-state index in [1.807, 2.05) is 4.90 Å². The van der Waals surface area contributed by atoms with Crippen LogP contribution in [0.25, 0.3) is 0 Å². The van der Waals surface area contributed by atoms with Crippen molar-refractivity contribution >= 4 is 32.1 Å². The summed E-state index contributed by atoms with van der Waals surface area (Å²) in [7, 11) is -7.15. The van der Waals surface area contributed by atoms with Gasteiger partial charge in [0.15, 0.2) is 0 Å². The number of amides is 1. The molecule has 1 aromatic rings. The first-order valence-corrected chi connectivity index (χ1v) is 14.7. The first-order chi connectivity index (χ1) is 16.1. The van der Waals surface area contributed by atoms with E-state index >= 15 is 0 Å². The van der Waals surface area contributed by atoms with Crippen LogP contribution in [0.3, 0.4) is 0 Å². The van der Waals surface area contributed by atoms with Gasteiger partial charge >= 0.3 is 0 Å². The Bertz CT molecular complexity index is 1020. The average molecular weight is 521 g/mol. The van der Waals surface area contributed by atoms with E-state index in [1.165, 1.54) is 20.7 Å². The Morgan fingerprint density at radius 1 is 1.00 bits per heavy atom. The lowest BCUT2D eigenvalue weighted by Gasteiger charge is -2.39. The molecule has 2 heterocycles. The summed E-state index contributed by atoms with van der Waals surface area (Å²) < 4.78 is 66.9. The number of piperazine rings is 1. The summed E-state index contributed by atoms with van der Waals surface area (Å²) in [5.41, 5.74) is 0.809. The van der Waals surface area contributed by atoms with Gasteiger partial charge in [-0.25, -0.2) is 30.6 Å². The number of hydrogen-bond donors (Lipinski definition) is 1. The van der Waals surface area contributed by atoms with Gasteiger partial charge in [0, 0.05) is 45.0 Å². The van der Waals surface area contributed by atoms with Gasteiger partial charge < -0.3 is 4.90 Å². The second-order valence-electron chi connectivity index (χ2n) is 8.75. The van der Waals surface area contributed by atoms with E-state index in [1.54, 1.807) is 19.1 Å². The number of hydroxylamine groups is 2. The van der Waals surface area contributed by atoms with E-state index in [4.69, 9.17) is 0 Å². The summed E-state index contributed by atoms with van der Waals surface area (Å²) in [6, 6.07) is 5.05. The molecule has 1 unspecified atom stereocenters. The number of halogens is 1. The van der Waals surface area contributed by atoms with E-state index in [0.717, 1.165) is 5.69 Å². The highest BCUT2D eigenvalue weighted by molar-refractivity contribution is 7.89. The predicted octanol–water partition coefficient (Wildman–Crippen LogP) is 0.946. The maximum Gasteiger partial charge on any atom is 0.233 e. The lowest BCUT2D eigenvalue weighted by molar-refractivity contribution is -0.164. The smallest absolute Gasteiger partial charge is 0.233 e. The number of piperidine rings is 1. The van der Waals surface area contributed by atoms with Crippen molar-refractivity contribution in [2.45, 2.75) is 32.2 Å². The fourth-order valence-corrected chi connectivity index (χ4v) is 7.96. The van der Waals surface area contributed by atoms with Crippen LogP contribution in [0.2, 0.25) is 0 Å². The van der Waals surface area contributed by atoms with Crippen molar-refractivity contribution in [3.8, 4) is 0 Å². The van der Waals surface area contributed by atoms with Crippen LogP contribution >= 0.6 is 0 Å². The molecule has 0 radical (unpaired) electrons. The van der Waals surface area contributed by atoms with E-state index in [9.17, 15) is 31.2 Å². The molecule has 1 N–H and O–H groups in total. The summed E-state index contributed by atoms with van der Waals surface area (Å²) in [5, 5.41) is 10.6. The van der Waals surface area contributed by atoms with Crippen LogP contribution in [0.15, 0.2) is 24.3 Å². The number of rotatable bonds is 10. The van der Waals surface area contributed by atoms with Crippen molar-refractivity contribution in [2.75, 3.05) is 55.7 Å². The zero-order valence-corrected chi connectivity index (χ0v) is 20.9. The molecule has 2 fully saturated rings. The minimum absolute atomic E-state index is 0.0554. The molecule has 2 aliphatic rings. The quantitative estimate of drug-likeness (QED) is 0.277. The third-order valence-corrected chi connectivity index (χ3v) is 10.5. The number of sulfonamides is 2. The molecule has 0 aliphatic carbocycles. The predicted molar refractivity (Wildman–Crippen MR) is 126 cm³/mol. The number of hydrogen-bond acceptors (Lipinski definition) is 7. The van der Waals surface area contributed by atoms with Crippen molar-refractivity contribution < 1.29 is 31.2 Å². The van der Waals surface area contributed by atoms with Gasteiger partial charge in [-0.15, -0.1) is 0 Å². The summed E-state index contributed by atoms with van der Waals surface area (Å²) in [6.07, 6.45) is 1.42. The van der Waals surface area contributed by atoms with Crippen molar-refractivity contribution in [3.05, 3.63) is 30.1 Å². The molecule has 10 nitrogen and oxygen atoms in total. The Balaban J connectivity index is 1.62. The molecule has 0 spiro atoms. The minimum atomic E-state index is -3.80. The second-order valence-corrected chi connectivity index (χ2v) is 12.8. The molecule has 2 saturated heterocycles. The topological polar surface area (TPSA) is 119 Å². The lowest BCUT2D eigenvalue weighted by atomic mass is 9.91. The molecule has 1 amide bonds. The standard InChI is InChI=1S/C21H33FN4O6S2/c1-2-15-33(29,30)24-9-7-18(8-10-24)21(26(28)17-27)16-34(31,32)25-13-11-23(12-14-25)20-5-3-19(22)4-6-20/h3-6,17-18,21,28H,2,7-16H2,1H3. The molecule has 0 saturated carbocycles. The van der Waals surface area contributed by atoms with Gasteiger partial charge in [0.25, 0.3) is 0 Å². The van der Waals surface area contributed by atoms with Crippen LogP contribution in [-0.2, 0) is 24.8 Å². The molecule has 1 atom stereocenters. The summed E-state index contributed by atoms with van der Waals surface area (Å²) >= 11 is 0. The maximum atomic E-state index is 13.2. The first kappa shape index (κ1) is 26.8. The molecule has 1 aromatic carbocycles. The average Bonchev–Trinajstić information content (AvgIpc) is 2.83. The number of carbonyl (C=O) groups is 1. The molecule has 13 heteroatoms. The number of nitrogens with zero attached hydrogens (tertiary/aromatic N) is 4. The molecule has 192 valence electrons. The SMILES string of the molecule is CCCS(=O)(=O)N1CCC(C(CS(=O)(=O)N2CCN(c3ccc(F)cc3)CC2)N(O)C=O)CC1. The maximum absolute atomic E-state index is 13.2. The molecular weight excluding hydrogens is 487 g/mol. The van der Waals surface area contributed by atoms with Gasteiger partial charge in [-0.05, 0) is 49.4 Å². The largest absolute Gasteiger partial charge is 0.369 e. The van der Waals surface area contributed by atoms with Crippen LogP contribution < -0.4 is 4.90 Å². The van der Waals surface area contributed by atoms with Crippen LogP contribution in [0.4, 0.5) is 10.1 Å². The first-order valence-electron chi connectivity index (χ1n) is 11.5. The Hall–Kier alpha value is -1.80. The van der Waals surface area contributed by atoms with Crippen LogP contribution in [0.1, 0.15) is 26.2 Å². The van der Waals surface area contributed by atoms with Gasteiger partial charge in [-0.2, -0.15) is 4.31 Å². The van der Waals surface area contributed by atoms with E-state index in [2.05, 4.69) is 0 Å². The molecular formula is C21H33FN4O6S2. The molecule has 2 aliphatic heterocycles. The van der Waals surface area contributed by atoms with Crippen LogP contribution in [0, 0.1) is 11.7 Å². The number of carbonyl (C=O) groups excluding carboxylic acids is 1. The van der Waals surface area contributed by atoms with Gasteiger partial charge in [-0.1, -0.05) is 6.92 Å². The fourth-order valence-electron chi connectivity index (χ4n) is 4.63. The van der Waals surface area contributed by atoms with Crippen LogP contribution in [0.5, 0.6) is 0 Å². The zero-order valence-electron chi connectivity index (χ0n) is 19.3. The number of anilines is 1. The summed E-state index contributed by atoms with van der Waals surface area (Å²) in [6.45, 7) is 3.57. The highest BCUT2D eigenvalue weighted by Gasteiger charge is 2.38. The summed E-state index contributed by atoms with van der Waals surface area (Å²) in [5.74, 6) is -1.07. The molecule has 0 aromatic heterocycles. The Morgan fingerprint density at radius 3 is 2.09 bits per heavy atom. The Morgan fingerprint density at radius 2 is 1.56 bits per heavy atom. The van der Waals surface area contributed by atoms with E-state index in [0.29, 0.717) is 37.4 Å². The summed E-state index contributed by atoms with van der Waals surface area (Å²) in [4.78, 5) is 13.3. The van der Waals surface area contributed by atoms with Crippen molar-refractivity contribution in [3.63, 3.8) is 0 Å². The Kier molecular flexibility index (Phi) is 8.90.